The molecule has 1 amide bonds. The molecular weight excluding hydrogens is 471 g/mol. The number of anilines is 1. The molecule has 0 saturated carbocycles. The van der Waals surface area contributed by atoms with Crippen molar-refractivity contribution in [1.82, 2.24) is 14.8 Å². The maximum atomic E-state index is 12.3. The summed E-state index contributed by atoms with van der Waals surface area (Å²) in [5, 5.41) is 13.5. The fraction of sp³-hybridized carbons (Fsp3) is 0.227. The number of thioether (sulfide) groups is 2. The van der Waals surface area contributed by atoms with Crippen molar-refractivity contribution >= 4 is 58.3 Å². The Morgan fingerprint density at radius 1 is 1.19 bits per heavy atom. The lowest BCUT2D eigenvalue weighted by Gasteiger charge is -2.09. The standard InChI is InChI=1S/C22H22Cl2N4OS2/c1-3-9-28-20(13-30-12-16-7-8-17(23)11-19(16)24)26-27-22(28)31-14-21(29)25-18-6-4-5-15(2)10-18/h3-8,10-11H,1,9,12-14H2,2H3,(H,25,29). The first-order valence-electron chi connectivity index (χ1n) is 9.50. The molecule has 31 heavy (non-hydrogen) atoms. The summed E-state index contributed by atoms with van der Waals surface area (Å²) in [6.45, 7) is 6.39. The number of nitrogens with zero attached hydrogens (tertiary/aromatic N) is 3. The molecule has 0 bridgehead atoms. The first-order chi connectivity index (χ1) is 15.0. The highest BCUT2D eigenvalue weighted by Gasteiger charge is 2.14. The molecule has 1 heterocycles. The van der Waals surface area contributed by atoms with Gasteiger partial charge in [-0.3, -0.25) is 4.79 Å². The number of carbonyl (C=O) groups excluding carboxylic acids is 1. The second kappa shape index (κ2) is 11.6. The number of halogens is 2. The van der Waals surface area contributed by atoms with Crippen LogP contribution in [0, 0.1) is 6.92 Å². The van der Waals surface area contributed by atoms with E-state index in [4.69, 9.17) is 23.2 Å². The average molecular weight is 493 g/mol. The van der Waals surface area contributed by atoms with Crippen molar-refractivity contribution in [2.45, 2.75) is 30.1 Å². The van der Waals surface area contributed by atoms with Crippen molar-refractivity contribution in [3.8, 4) is 0 Å². The van der Waals surface area contributed by atoms with Gasteiger partial charge in [-0.05, 0) is 42.3 Å². The van der Waals surface area contributed by atoms with Crippen LogP contribution in [0.4, 0.5) is 5.69 Å². The van der Waals surface area contributed by atoms with E-state index in [9.17, 15) is 4.79 Å². The van der Waals surface area contributed by atoms with Crippen molar-refractivity contribution < 1.29 is 4.79 Å². The van der Waals surface area contributed by atoms with Gasteiger partial charge in [0.1, 0.15) is 5.82 Å². The SMILES string of the molecule is C=CCn1c(CSCc2ccc(Cl)cc2Cl)nnc1SCC(=O)Nc1cccc(C)c1. The Hall–Kier alpha value is -1.93. The van der Waals surface area contributed by atoms with Crippen molar-refractivity contribution in [3.05, 3.63) is 82.1 Å². The van der Waals surface area contributed by atoms with E-state index >= 15 is 0 Å². The predicted octanol–water partition coefficient (Wildman–Crippen LogP) is 6.24. The second-order valence-corrected chi connectivity index (χ2v) is 9.50. The quantitative estimate of drug-likeness (QED) is 0.268. The van der Waals surface area contributed by atoms with Crippen LogP contribution in [-0.2, 0) is 22.8 Å². The molecule has 0 radical (unpaired) electrons. The molecule has 0 aliphatic carbocycles. The molecule has 0 fully saturated rings. The second-order valence-electron chi connectivity index (χ2n) is 6.73. The summed E-state index contributed by atoms with van der Waals surface area (Å²) in [6, 6.07) is 13.2. The van der Waals surface area contributed by atoms with Crippen molar-refractivity contribution in [1.29, 1.82) is 0 Å². The molecule has 0 unspecified atom stereocenters. The highest BCUT2D eigenvalue weighted by Crippen LogP contribution is 2.27. The van der Waals surface area contributed by atoms with E-state index in [-0.39, 0.29) is 11.7 Å². The summed E-state index contributed by atoms with van der Waals surface area (Å²) in [6.07, 6.45) is 1.80. The van der Waals surface area contributed by atoms with Gasteiger partial charge < -0.3 is 9.88 Å². The zero-order valence-electron chi connectivity index (χ0n) is 17.0. The minimum Gasteiger partial charge on any atom is -0.325 e. The predicted molar refractivity (Wildman–Crippen MR) is 132 cm³/mol. The molecule has 1 N–H and O–H groups in total. The molecule has 2 aromatic carbocycles. The Bertz CT molecular complexity index is 1070. The van der Waals surface area contributed by atoms with Gasteiger partial charge in [0.2, 0.25) is 5.91 Å². The van der Waals surface area contributed by atoms with E-state index in [2.05, 4.69) is 22.1 Å². The van der Waals surface area contributed by atoms with E-state index in [1.807, 2.05) is 47.9 Å². The van der Waals surface area contributed by atoms with Gasteiger partial charge in [0.25, 0.3) is 0 Å². The van der Waals surface area contributed by atoms with Crippen LogP contribution in [0.3, 0.4) is 0 Å². The number of carbonyl (C=O) groups is 1. The number of nitrogens with one attached hydrogen (secondary N) is 1. The average Bonchev–Trinajstić information content (AvgIpc) is 3.10. The number of hydrogen-bond acceptors (Lipinski definition) is 5. The minimum absolute atomic E-state index is 0.0861. The molecular formula is C22H22Cl2N4OS2. The first kappa shape index (κ1) is 23.7. The van der Waals surface area contributed by atoms with E-state index in [1.165, 1.54) is 11.8 Å². The Balaban J connectivity index is 1.57. The summed E-state index contributed by atoms with van der Waals surface area (Å²) in [5.41, 5.74) is 2.91. The van der Waals surface area contributed by atoms with Gasteiger partial charge in [0.05, 0.1) is 11.5 Å². The molecule has 0 aliphatic heterocycles. The fourth-order valence-electron chi connectivity index (χ4n) is 2.79. The highest BCUT2D eigenvalue weighted by atomic mass is 35.5. The third-order valence-corrected chi connectivity index (χ3v) is 6.77. The zero-order chi connectivity index (χ0) is 22.2. The van der Waals surface area contributed by atoms with Crippen molar-refractivity contribution in [2.24, 2.45) is 0 Å². The Kier molecular flexibility index (Phi) is 8.90. The third kappa shape index (κ3) is 7.04. The number of aromatic nitrogens is 3. The number of allylic oxidation sites excluding steroid dienone is 1. The molecule has 1 aromatic heterocycles. The lowest BCUT2D eigenvalue weighted by Crippen LogP contribution is -2.14. The van der Waals surface area contributed by atoms with Crippen molar-refractivity contribution in [2.75, 3.05) is 11.1 Å². The summed E-state index contributed by atoms with van der Waals surface area (Å²) >= 11 is 15.2. The summed E-state index contributed by atoms with van der Waals surface area (Å²) in [5.74, 6) is 2.39. The van der Waals surface area contributed by atoms with E-state index in [0.717, 1.165) is 28.4 Å². The van der Waals surface area contributed by atoms with Gasteiger partial charge in [-0.1, -0.05) is 59.2 Å². The van der Waals surface area contributed by atoms with Crippen LogP contribution in [0.2, 0.25) is 10.0 Å². The smallest absolute Gasteiger partial charge is 0.234 e. The molecule has 3 aromatic rings. The highest BCUT2D eigenvalue weighted by molar-refractivity contribution is 7.99. The Labute approximate surface area is 200 Å². The number of rotatable bonds is 10. The maximum Gasteiger partial charge on any atom is 0.234 e. The largest absolute Gasteiger partial charge is 0.325 e. The monoisotopic (exact) mass is 492 g/mol. The van der Waals surface area contributed by atoms with Gasteiger partial charge in [-0.25, -0.2) is 0 Å². The maximum absolute atomic E-state index is 12.3. The number of aryl methyl sites for hydroxylation is 1. The third-order valence-electron chi connectivity index (χ3n) is 4.24. The molecule has 162 valence electrons. The molecule has 0 atom stereocenters. The van der Waals surface area contributed by atoms with Gasteiger partial charge in [0, 0.05) is 28.0 Å². The number of benzene rings is 2. The van der Waals surface area contributed by atoms with Gasteiger partial charge >= 0.3 is 0 Å². The zero-order valence-corrected chi connectivity index (χ0v) is 20.1. The van der Waals surface area contributed by atoms with Gasteiger partial charge in [0.15, 0.2) is 5.16 Å². The minimum atomic E-state index is -0.0861. The van der Waals surface area contributed by atoms with E-state index < -0.39 is 0 Å². The molecule has 3 rings (SSSR count). The molecule has 0 saturated heterocycles. The summed E-state index contributed by atoms with van der Waals surface area (Å²) < 4.78 is 1.98. The lowest BCUT2D eigenvalue weighted by molar-refractivity contribution is -0.113. The Morgan fingerprint density at radius 3 is 2.77 bits per heavy atom. The van der Waals surface area contributed by atoms with Crippen LogP contribution in [-0.4, -0.2) is 26.4 Å². The normalized spacial score (nSPS) is 10.8. The van der Waals surface area contributed by atoms with Crippen molar-refractivity contribution in [3.63, 3.8) is 0 Å². The molecule has 0 aliphatic rings. The summed E-state index contributed by atoms with van der Waals surface area (Å²) in [4.78, 5) is 12.3. The Morgan fingerprint density at radius 2 is 2.03 bits per heavy atom. The fourth-order valence-corrected chi connectivity index (χ4v) is 5.08. The van der Waals surface area contributed by atoms with Crippen LogP contribution in [0.25, 0.3) is 0 Å². The van der Waals surface area contributed by atoms with Crippen LogP contribution in [0.1, 0.15) is 17.0 Å². The van der Waals surface area contributed by atoms with Crippen LogP contribution < -0.4 is 5.32 Å². The van der Waals surface area contributed by atoms with Gasteiger partial charge in [-0.2, -0.15) is 0 Å². The van der Waals surface area contributed by atoms with E-state index in [0.29, 0.717) is 27.5 Å². The van der Waals surface area contributed by atoms with Crippen LogP contribution >= 0.6 is 46.7 Å². The van der Waals surface area contributed by atoms with Crippen LogP contribution in [0.15, 0.2) is 60.3 Å². The molecule has 5 nitrogen and oxygen atoms in total. The molecule has 0 spiro atoms. The van der Waals surface area contributed by atoms with Crippen LogP contribution in [0.5, 0.6) is 0 Å². The van der Waals surface area contributed by atoms with Gasteiger partial charge in [-0.15, -0.1) is 28.5 Å². The number of hydrogen-bond donors (Lipinski definition) is 1. The topological polar surface area (TPSA) is 59.8 Å². The molecule has 9 heteroatoms. The summed E-state index contributed by atoms with van der Waals surface area (Å²) in [7, 11) is 0. The first-order valence-corrected chi connectivity index (χ1v) is 12.4. The van der Waals surface area contributed by atoms with E-state index in [1.54, 1.807) is 23.9 Å². The number of amides is 1. The lowest BCUT2D eigenvalue weighted by atomic mass is 10.2.